The molecule has 2 aromatic rings. The van der Waals surface area contributed by atoms with Gasteiger partial charge in [0.2, 0.25) is 0 Å². The summed E-state index contributed by atoms with van der Waals surface area (Å²) in [6.45, 7) is 6.79. The number of rotatable bonds is 4. The fraction of sp³-hybridized carbons (Fsp3) is 0.444. The summed E-state index contributed by atoms with van der Waals surface area (Å²) >= 11 is 1.94. The molecule has 1 aliphatic rings. The third kappa shape index (κ3) is 3.59. The Labute approximate surface area is 147 Å². The van der Waals surface area contributed by atoms with E-state index >= 15 is 0 Å². The fourth-order valence-corrected chi connectivity index (χ4v) is 4.29. The summed E-state index contributed by atoms with van der Waals surface area (Å²) < 4.78 is 2.02. The second-order valence-electron chi connectivity index (χ2n) is 6.50. The number of hydrogen-bond acceptors (Lipinski definition) is 3. The standard InChI is InChI=1S/C18H24N4OS/c1-13-16(14(2)22(21-13)15-8-5-4-6-9-15)20-17(23)19-12-18(3)10-7-11-24-18/h4-6,8-9H,7,10-12H2,1-3H3,(H2,19,20,23). The highest BCUT2D eigenvalue weighted by Gasteiger charge is 2.29. The molecule has 1 aromatic heterocycles. The van der Waals surface area contributed by atoms with E-state index in [1.54, 1.807) is 0 Å². The van der Waals surface area contributed by atoms with Crippen molar-refractivity contribution in [3.05, 3.63) is 41.7 Å². The predicted molar refractivity (Wildman–Crippen MR) is 100 cm³/mol. The summed E-state index contributed by atoms with van der Waals surface area (Å²) in [4.78, 5) is 12.3. The number of anilines is 1. The number of amides is 2. The molecule has 1 unspecified atom stereocenters. The first-order valence-corrected chi connectivity index (χ1v) is 9.27. The van der Waals surface area contributed by atoms with E-state index in [9.17, 15) is 4.79 Å². The molecule has 2 heterocycles. The first-order valence-electron chi connectivity index (χ1n) is 8.29. The first kappa shape index (κ1) is 16.9. The van der Waals surface area contributed by atoms with Crippen LogP contribution in [0.4, 0.5) is 10.5 Å². The Morgan fingerprint density at radius 1 is 1.33 bits per heavy atom. The Kier molecular flexibility index (Phi) is 4.85. The number of aryl methyl sites for hydroxylation is 1. The molecule has 0 bridgehead atoms. The van der Waals surface area contributed by atoms with Gasteiger partial charge >= 0.3 is 6.03 Å². The number of para-hydroxylation sites is 1. The first-order chi connectivity index (χ1) is 11.5. The van der Waals surface area contributed by atoms with Crippen LogP contribution in [-0.4, -0.2) is 32.9 Å². The minimum Gasteiger partial charge on any atom is -0.336 e. The van der Waals surface area contributed by atoms with Gasteiger partial charge in [-0.05, 0) is 51.5 Å². The topological polar surface area (TPSA) is 59.0 Å². The van der Waals surface area contributed by atoms with Crippen molar-refractivity contribution >= 4 is 23.5 Å². The Balaban J connectivity index is 1.69. The van der Waals surface area contributed by atoms with E-state index in [2.05, 4.69) is 22.7 Å². The van der Waals surface area contributed by atoms with Crippen molar-refractivity contribution in [1.29, 1.82) is 0 Å². The SMILES string of the molecule is Cc1nn(-c2ccccc2)c(C)c1NC(=O)NCC1(C)CCCS1. The number of hydrogen-bond donors (Lipinski definition) is 2. The molecule has 2 amide bonds. The molecular formula is C18H24N4OS. The molecule has 128 valence electrons. The van der Waals surface area contributed by atoms with Crippen LogP contribution in [0.3, 0.4) is 0 Å². The van der Waals surface area contributed by atoms with Crippen LogP contribution in [0.5, 0.6) is 0 Å². The van der Waals surface area contributed by atoms with Gasteiger partial charge in [-0.3, -0.25) is 0 Å². The lowest BCUT2D eigenvalue weighted by atomic mass is 10.1. The van der Waals surface area contributed by atoms with E-state index in [0.29, 0.717) is 6.54 Å². The van der Waals surface area contributed by atoms with Crippen molar-refractivity contribution in [3.8, 4) is 5.69 Å². The van der Waals surface area contributed by atoms with Crippen LogP contribution in [0.1, 0.15) is 31.2 Å². The van der Waals surface area contributed by atoms with Gasteiger partial charge in [-0.25, -0.2) is 9.48 Å². The molecule has 1 fully saturated rings. The fourth-order valence-electron chi connectivity index (χ4n) is 3.05. The molecule has 0 spiro atoms. The molecule has 1 atom stereocenters. The third-order valence-electron chi connectivity index (χ3n) is 4.45. The molecule has 0 aliphatic carbocycles. The number of thioether (sulfide) groups is 1. The van der Waals surface area contributed by atoms with Gasteiger partial charge in [0.15, 0.2) is 0 Å². The molecule has 0 saturated carbocycles. The van der Waals surface area contributed by atoms with E-state index in [4.69, 9.17) is 0 Å². The van der Waals surface area contributed by atoms with Gasteiger partial charge in [0, 0.05) is 11.3 Å². The summed E-state index contributed by atoms with van der Waals surface area (Å²) in [7, 11) is 0. The predicted octanol–water partition coefficient (Wildman–Crippen LogP) is 3.90. The zero-order chi connectivity index (χ0) is 17.2. The number of benzene rings is 1. The Morgan fingerprint density at radius 3 is 2.75 bits per heavy atom. The maximum absolute atomic E-state index is 12.3. The van der Waals surface area contributed by atoms with Crippen LogP contribution in [0.15, 0.2) is 30.3 Å². The van der Waals surface area contributed by atoms with Gasteiger partial charge in [0.05, 0.1) is 22.8 Å². The smallest absolute Gasteiger partial charge is 0.319 e. The van der Waals surface area contributed by atoms with Crippen LogP contribution in [-0.2, 0) is 0 Å². The minimum atomic E-state index is -0.164. The van der Waals surface area contributed by atoms with Crippen LogP contribution < -0.4 is 10.6 Å². The average molecular weight is 344 g/mol. The molecule has 5 nitrogen and oxygen atoms in total. The van der Waals surface area contributed by atoms with Gasteiger partial charge in [-0.1, -0.05) is 18.2 Å². The second-order valence-corrected chi connectivity index (χ2v) is 8.19. The maximum Gasteiger partial charge on any atom is 0.319 e. The summed E-state index contributed by atoms with van der Waals surface area (Å²) in [5.74, 6) is 1.18. The number of nitrogens with zero attached hydrogens (tertiary/aromatic N) is 2. The molecular weight excluding hydrogens is 320 g/mol. The Bertz CT molecular complexity index is 720. The zero-order valence-corrected chi connectivity index (χ0v) is 15.2. The van der Waals surface area contributed by atoms with E-state index < -0.39 is 0 Å². The molecule has 0 radical (unpaired) electrons. The highest BCUT2D eigenvalue weighted by atomic mass is 32.2. The van der Waals surface area contributed by atoms with Gasteiger partial charge in [-0.2, -0.15) is 16.9 Å². The average Bonchev–Trinajstić information content (AvgIpc) is 3.13. The van der Waals surface area contributed by atoms with Gasteiger partial charge in [0.25, 0.3) is 0 Å². The second kappa shape index (κ2) is 6.89. The number of urea groups is 1. The highest BCUT2D eigenvalue weighted by Crippen LogP contribution is 2.37. The number of carbonyl (C=O) groups excluding carboxylic acids is 1. The number of aromatic nitrogens is 2. The van der Waals surface area contributed by atoms with Crippen molar-refractivity contribution in [2.24, 2.45) is 0 Å². The van der Waals surface area contributed by atoms with Gasteiger partial charge in [-0.15, -0.1) is 0 Å². The Hall–Kier alpha value is -1.95. The van der Waals surface area contributed by atoms with Crippen molar-refractivity contribution in [3.63, 3.8) is 0 Å². The van der Waals surface area contributed by atoms with Crippen LogP contribution in [0.2, 0.25) is 0 Å². The van der Waals surface area contributed by atoms with E-state index in [1.807, 2.05) is 60.6 Å². The molecule has 24 heavy (non-hydrogen) atoms. The summed E-state index contributed by atoms with van der Waals surface area (Å²) in [6.07, 6.45) is 2.38. The minimum absolute atomic E-state index is 0.162. The Morgan fingerprint density at radius 2 is 2.08 bits per heavy atom. The highest BCUT2D eigenvalue weighted by molar-refractivity contribution is 8.00. The summed E-state index contributed by atoms with van der Waals surface area (Å²) in [5, 5.41) is 10.5. The lowest BCUT2D eigenvalue weighted by molar-refractivity contribution is 0.251. The molecule has 1 saturated heterocycles. The van der Waals surface area contributed by atoms with Crippen LogP contribution in [0, 0.1) is 13.8 Å². The van der Waals surface area contributed by atoms with Crippen LogP contribution in [0.25, 0.3) is 5.69 Å². The zero-order valence-electron chi connectivity index (χ0n) is 14.4. The number of carbonyl (C=O) groups is 1. The van der Waals surface area contributed by atoms with E-state index in [0.717, 1.165) is 29.2 Å². The summed E-state index contributed by atoms with van der Waals surface area (Å²) in [6, 6.07) is 9.77. The van der Waals surface area contributed by atoms with E-state index in [-0.39, 0.29) is 10.8 Å². The van der Waals surface area contributed by atoms with Crippen molar-refractivity contribution in [2.75, 3.05) is 17.6 Å². The lowest BCUT2D eigenvalue weighted by Gasteiger charge is -2.22. The third-order valence-corrected chi connectivity index (χ3v) is 5.99. The molecule has 1 aromatic carbocycles. The number of nitrogens with one attached hydrogen (secondary N) is 2. The molecule has 2 N–H and O–H groups in total. The maximum atomic E-state index is 12.3. The monoisotopic (exact) mass is 344 g/mol. The molecule has 1 aliphatic heterocycles. The normalized spacial score (nSPS) is 20.1. The largest absolute Gasteiger partial charge is 0.336 e. The van der Waals surface area contributed by atoms with E-state index in [1.165, 1.54) is 12.2 Å². The van der Waals surface area contributed by atoms with Crippen molar-refractivity contribution < 1.29 is 4.79 Å². The van der Waals surface area contributed by atoms with Crippen molar-refractivity contribution in [1.82, 2.24) is 15.1 Å². The lowest BCUT2D eigenvalue weighted by Crippen LogP contribution is -2.39. The van der Waals surface area contributed by atoms with Crippen molar-refractivity contribution in [2.45, 2.75) is 38.4 Å². The summed E-state index contributed by atoms with van der Waals surface area (Å²) in [5.41, 5.74) is 3.50. The quantitative estimate of drug-likeness (QED) is 0.884. The van der Waals surface area contributed by atoms with Gasteiger partial charge < -0.3 is 10.6 Å². The molecule has 3 rings (SSSR count). The van der Waals surface area contributed by atoms with Gasteiger partial charge in [0.1, 0.15) is 0 Å². The van der Waals surface area contributed by atoms with Crippen LogP contribution >= 0.6 is 11.8 Å². The molecule has 6 heteroatoms.